The Morgan fingerprint density at radius 1 is 1.29 bits per heavy atom. The van der Waals surface area contributed by atoms with Crippen molar-refractivity contribution < 1.29 is 14.3 Å². The average Bonchev–Trinajstić information content (AvgIpc) is 2.73. The molecular weight excluding hydrogens is 223 g/mol. The lowest BCUT2D eigenvalue weighted by atomic mass is 10.2. The van der Waals surface area contributed by atoms with Gasteiger partial charge in [0.1, 0.15) is 11.5 Å². The van der Waals surface area contributed by atoms with Crippen molar-refractivity contribution in [1.29, 1.82) is 0 Å². The third kappa shape index (κ3) is 1.36. The Hall–Kier alpha value is -2.43. The minimum Gasteiger partial charge on any atom is -0.476 e. The largest absolute Gasteiger partial charge is 0.476 e. The van der Waals surface area contributed by atoms with Gasteiger partial charge in [0.25, 0.3) is 0 Å². The van der Waals surface area contributed by atoms with Crippen molar-refractivity contribution in [3.8, 4) is 0 Å². The number of hydrogen-bond donors (Lipinski definition) is 1. The van der Waals surface area contributed by atoms with Gasteiger partial charge in [0.15, 0.2) is 5.69 Å². The maximum Gasteiger partial charge on any atom is 0.356 e. The fourth-order valence-corrected chi connectivity index (χ4v) is 1.88. The van der Waals surface area contributed by atoms with Crippen LogP contribution in [0.3, 0.4) is 0 Å². The minimum absolute atomic E-state index is 0.0965. The molecule has 0 saturated heterocycles. The third-order valence-corrected chi connectivity index (χ3v) is 2.62. The van der Waals surface area contributed by atoms with E-state index in [9.17, 15) is 9.18 Å². The molecule has 0 saturated carbocycles. The van der Waals surface area contributed by atoms with Gasteiger partial charge in [0.2, 0.25) is 0 Å². The van der Waals surface area contributed by atoms with Gasteiger partial charge in [-0.25, -0.2) is 14.2 Å². The number of aromatic nitrogens is 2. The molecule has 5 heteroatoms. The van der Waals surface area contributed by atoms with Crippen LogP contribution in [0.25, 0.3) is 16.6 Å². The van der Waals surface area contributed by atoms with Gasteiger partial charge in [0.05, 0.1) is 5.52 Å². The number of fused-ring (bicyclic) bond motifs is 3. The number of hydrogen-bond acceptors (Lipinski definition) is 2. The van der Waals surface area contributed by atoms with Crippen LogP contribution in [-0.2, 0) is 0 Å². The number of carbonyl (C=O) groups is 1. The molecular formula is C12H7FN2O2. The van der Waals surface area contributed by atoms with E-state index in [1.165, 1.54) is 16.7 Å². The van der Waals surface area contributed by atoms with Crippen molar-refractivity contribution in [3.63, 3.8) is 0 Å². The van der Waals surface area contributed by atoms with Crippen molar-refractivity contribution in [3.05, 3.63) is 48.0 Å². The molecule has 17 heavy (non-hydrogen) atoms. The molecule has 1 aromatic carbocycles. The number of imidazole rings is 1. The maximum absolute atomic E-state index is 13.7. The zero-order valence-electron chi connectivity index (χ0n) is 8.59. The fraction of sp³-hybridized carbons (Fsp3) is 0. The van der Waals surface area contributed by atoms with Crippen LogP contribution in [0, 0.1) is 5.82 Å². The Balaban J connectivity index is 2.50. The van der Waals surface area contributed by atoms with E-state index in [1.807, 2.05) is 0 Å². The smallest absolute Gasteiger partial charge is 0.356 e. The van der Waals surface area contributed by atoms with E-state index in [4.69, 9.17) is 5.11 Å². The molecule has 2 aromatic heterocycles. The van der Waals surface area contributed by atoms with E-state index in [0.717, 1.165) is 0 Å². The van der Waals surface area contributed by atoms with Crippen molar-refractivity contribution in [2.24, 2.45) is 0 Å². The second-order valence-electron chi connectivity index (χ2n) is 3.67. The molecule has 0 unspecified atom stereocenters. The van der Waals surface area contributed by atoms with Gasteiger partial charge in [-0.1, -0.05) is 12.1 Å². The van der Waals surface area contributed by atoms with E-state index < -0.39 is 11.8 Å². The molecule has 0 fully saturated rings. The van der Waals surface area contributed by atoms with Crippen LogP contribution in [0.4, 0.5) is 4.39 Å². The Morgan fingerprint density at radius 2 is 2.12 bits per heavy atom. The summed E-state index contributed by atoms with van der Waals surface area (Å²) in [5.74, 6) is -1.53. The summed E-state index contributed by atoms with van der Waals surface area (Å²) in [5.41, 5.74) is 0.658. The molecule has 0 aliphatic heterocycles. The second kappa shape index (κ2) is 3.28. The van der Waals surface area contributed by atoms with Gasteiger partial charge in [-0.15, -0.1) is 0 Å². The van der Waals surface area contributed by atoms with Crippen LogP contribution in [0.2, 0.25) is 0 Å². The molecule has 3 aromatic rings. The number of aromatic carboxylic acids is 1. The lowest BCUT2D eigenvalue weighted by Crippen LogP contribution is -1.95. The molecule has 0 aliphatic rings. The number of carboxylic acids is 1. The molecule has 0 bridgehead atoms. The van der Waals surface area contributed by atoms with Gasteiger partial charge < -0.3 is 5.11 Å². The van der Waals surface area contributed by atoms with Crippen LogP contribution >= 0.6 is 0 Å². The van der Waals surface area contributed by atoms with Crippen molar-refractivity contribution in [1.82, 2.24) is 9.38 Å². The van der Waals surface area contributed by atoms with E-state index >= 15 is 0 Å². The van der Waals surface area contributed by atoms with E-state index in [-0.39, 0.29) is 5.69 Å². The average molecular weight is 230 g/mol. The predicted molar refractivity (Wildman–Crippen MR) is 59.6 cm³/mol. The quantitative estimate of drug-likeness (QED) is 0.698. The first-order valence-electron chi connectivity index (χ1n) is 4.96. The number of benzene rings is 1. The van der Waals surface area contributed by atoms with Gasteiger partial charge >= 0.3 is 5.97 Å². The zero-order chi connectivity index (χ0) is 12.0. The minimum atomic E-state index is -1.13. The summed E-state index contributed by atoms with van der Waals surface area (Å²) in [6, 6.07) is 8.08. The van der Waals surface area contributed by atoms with E-state index in [2.05, 4.69) is 4.98 Å². The van der Waals surface area contributed by atoms with E-state index in [1.54, 1.807) is 24.3 Å². The molecule has 4 nitrogen and oxygen atoms in total. The molecule has 84 valence electrons. The topological polar surface area (TPSA) is 54.6 Å². The standard InChI is InChI=1S/C12H7FN2O2/c13-8-3-1-2-7-4-5-10-14-9(12(16)17)6-15(10)11(7)8/h1-6H,(H,16,17). The summed E-state index contributed by atoms with van der Waals surface area (Å²) in [7, 11) is 0. The van der Waals surface area contributed by atoms with Gasteiger partial charge in [-0.3, -0.25) is 4.40 Å². The van der Waals surface area contributed by atoms with Crippen LogP contribution < -0.4 is 0 Å². The highest BCUT2D eigenvalue weighted by atomic mass is 19.1. The van der Waals surface area contributed by atoms with Crippen molar-refractivity contribution in [2.75, 3.05) is 0 Å². The molecule has 0 spiro atoms. The van der Waals surface area contributed by atoms with Gasteiger partial charge in [-0.05, 0) is 18.2 Å². The van der Waals surface area contributed by atoms with Crippen molar-refractivity contribution >= 4 is 22.5 Å². The summed E-state index contributed by atoms with van der Waals surface area (Å²) in [6.45, 7) is 0. The number of pyridine rings is 1. The third-order valence-electron chi connectivity index (χ3n) is 2.62. The number of para-hydroxylation sites is 1. The van der Waals surface area contributed by atoms with Crippen LogP contribution in [0.1, 0.15) is 10.5 Å². The lowest BCUT2D eigenvalue weighted by molar-refractivity contribution is 0.0691. The van der Waals surface area contributed by atoms with E-state index in [0.29, 0.717) is 16.6 Å². The molecule has 1 N–H and O–H groups in total. The Labute approximate surface area is 94.9 Å². The molecule has 3 rings (SSSR count). The SMILES string of the molecule is O=C(O)c1cn2c(ccc3cccc(F)c32)n1. The highest BCUT2D eigenvalue weighted by Crippen LogP contribution is 2.20. The number of halogens is 1. The van der Waals surface area contributed by atoms with Gasteiger partial charge in [-0.2, -0.15) is 0 Å². The molecule has 0 atom stereocenters. The van der Waals surface area contributed by atoms with Crippen LogP contribution in [0.15, 0.2) is 36.5 Å². The fourth-order valence-electron chi connectivity index (χ4n) is 1.88. The van der Waals surface area contributed by atoms with Gasteiger partial charge in [0, 0.05) is 11.6 Å². The molecule has 0 amide bonds. The van der Waals surface area contributed by atoms with Crippen LogP contribution in [-0.4, -0.2) is 20.5 Å². The first-order chi connectivity index (χ1) is 8.16. The summed E-state index contributed by atoms with van der Waals surface area (Å²) in [6.07, 6.45) is 1.32. The second-order valence-corrected chi connectivity index (χ2v) is 3.67. The maximum atomic E-state index is 13.7. The summed E-state index contributed by atoms with van der Waals surface area (Å²) < 4.78 is 15.2. The van der Waals surface area contributed by atoms with Crippen LogP contribution in [0.5, 0.6) is 0 Å². The number of carboxylic acid groups (broad SMARTS) is 1. The molecule has 0 radical (unpaired) electrons. The zero-order valence-corrected chi connectivity index (χ0v) is 8.59. The predicted octanol–water partition coefficient (Wildman–Crippen LogP) is 2.32. The number of nitrogens with zero attached hydrogens (tertiary/aromatic N) is 2. The first-order valence-corrected chi connectivity index (χ1v) is 4.96. The summed E-state index contributed by atoms with van der Waals surface area (Å²) in [4.78, 5) is 14.7. The normalized spacial score (nSPS) is 11.1. The summed E-state index contributed by atoms with van der Waals surface area (Å²) in [5, 5.41) is 9.56. The Morgan fingerprint density at radius 3 is 2.88 bits per heavy atom. The monoisotopic (exact) mass is 230 g/mol. The highest BCUT2D eigenvalue weighted by Gasteiger charge is 2.11. The number of rotatable bonds is 1. The lowest BCUT2D eigenvalue weighted by Gasteiger charge is -2.02. The molecule has 0 aliphatic carbocycles. The highest BCUT2D eigenvalue weighted by molar-refractivity contribution is 5.88. The Bertz CT molecular complexity index is 749. The van der Waals surface area contributed by atoms with Crippen molar-refractivity contribution in [2.45, 2.75) is 0 Å². The summed E-state index contributed by atoms with van der Waals surface area (Å²) >= 11 is 0. The Kier molecular flexibility index (Phi) is 1.89. The molecule has 2 heterocycles. The first kappa shape index (κ1) is 9.77.